The molecule has 2 fully saturated rings. The molecule has 0 radical (unpaired) electrons. The van der Waals surface area contributed by atoms with Crippen molar-refractivity contribution in [2.45, 2.75) is 18.5 Å². The number of nitrogens with one attached hydrogen (secondary N) is 1. The van der Waals surface area contributed by atoms with Crippen LogP contribution in [0.5, 0.6) is 0 Å². The van der Waals surface area contributed by atoms with Gasteiger partial charge in [-0.2, -0.15) is 26.3 Å². The van der Waals surface area contributed by atoms with Crippen molar-refractivity contribution >= 4 is 13.1 Å². The summed E-state index contributed by atoms with van der Waals surface area (Å²) in [6, 6.07) is 0. The Kier molecular flexibility index (Phi) is 5.14. The van der Waals surface area contributed by atoms with Crippen LogP contribution in [0.1, 0.15) is 0 Å². The lowest BCUT2D eigenvalue weighted by molar-refractivity contribution is -0.881. The molecule has 25 heavy (non-hydrogen) atoms. The van der Waals surface area contributed by atoms with Gasteiger partial charge in [0.05, 0.1) is 19.5 Å². The van der Waals surface area contributed by atoms with Crippen LogP contribution in [-0.4, -0.2) is 69.1 Å². The summed E-state index contributed by atoms with van der Waals surface area (Å²) in [5, 5.41) is 0. The summed E-state index contributed by atoms with van der Waals surface area (Å²) in [4.78, 5) is 12.5. The third-order valence-corrected chi connectivity index (χ3v) is 4.27. The van der Waals surface area contributed by atoms with Crippen molar-refractivity contribution in [2.24, 2.45) is 11.8 Å². The number of hydrogen-bond donors (Lipinski definition) is 1. The number of nitrogens with zero attached hydrogens (tertiary/aromatic N) is 1. The Hall–Kier alpha value is -1.34. The molecule has 0 aromatic heterocycles. The van der Waals surface area contributed by atoms with Crippen molar-refractivity contribution in [3.8, 4) is 0 Å². The lowest BCUT2D eigenvalue weighted by atomic mass is 9.91. The van der Waals surface area contributed by atoms with Crippen molar-refractivity contribution in [1.82, 2.24) is 4.90 Å². The summed E-state index contributed by atoms with van der Waals surface area (Å²) in [5.41, 5.74) is 0. The fourth-order valence-corrected chi connectivity index (χ4v) is 3.36. The monoisotopic (exact) mass is 388 g/mol. The number of quaternary nitrogens is 1. The van der Waals surface area contributed by atoms with E-state index < -0.39 is 49.8 Å². The Morgan fingerprint density at radius 1 is 1.04 bits per heavy atom. The van der Waals surface area contributed by atoms with Crippen molar-refractivity contribution in [1.29, 1.82) is 0 Å². The van der Waals surface area contributed by atoms with Gasteiger partial charge in [0.2, 0.25) is 0 Å². The Labute approximate surface area is 135 Å². The van der Waals surface area contributed by atoms with Gasteiger partial charge in [-0.15, -0.1) is 0 Å². The van der Waals surface area contributed by atoms with Gasteiger partial charge < -0.3 is 27.5 Å². The lowest BCUT2D eigenvalue weighted by Crippen LogP contribution is -3.12. The average molecular weight is 388 g/mol. The van der Waals surface area contributed by atoms with E-state index in [0.717, 1.165) is 0 Å². The van der Waals surface area contributed by atoms with E-state index in [1.807, 2.05) is 0 Å². The number of likely N-dealkylation sites (tertiary alicyclic amines) is 2. The topological polar surface area (TPSA) is 34.0 Å². The Morgan fingerprint density at radius 2 is 1.48 bits per heavy atom. The summed E-state index contributed by atoms with van der Waals surface area (Å²) in [6.45, 7) is -5.34. The van der Waals surface area contributed by atoms with Crippen LogP contribution in [0.25, 0.3) is 0 Å². The number of carbonyl (C=O) groups excluding carboxylic acids is 1. The molecule has 1 N–H and O–H groups in total. The van der Waals surface area contributed by atoms with Gasteiger partial charge in [-0.3, -0.25) is 0 Å². The second-order valence-corrected chi connectivity index (χ2v) is 6.34. The van der Waals surface area contributed by atoms with Gasteiger partial charge in [-0.1, -0.05) is 0 Å². The van der Waals surface area contributed by atoms with E-state index in [9.17, 15) is 44.1 Å². The Bertz CT molecular complexity index is 479. The second-order valence-electron chi connectivity index (χ2n) is 6.34. The summed E-state index contributed by atoms with van der Waals surface area (Å²) >= 11 is 0. The highest BCUT2D eigenvalue weighted by Gasteiger charge is 2.60. The molecule has 14 heteroatoms. The highest BCUT2D eigenvalue weighted by molar-refractivity contribution is 6.58. The molecule has 2 saturated heterocycles. The van der Waals surface area contributed by atoms with Gasteiger partial charge in [0.25, 0.3) is 6.10 Å². The zero-order valence-corrected chi connectivity index (χ0v) is 12.5. The number of carbonyl (C=O) groups is 1. The van der Waals surface area contributed by atoms with E-state index in [-0.39, 0.29) is 31.1 Å². The van der Waals surface area contributed by atoms with Crippen LogP contribution in [0, 0.1) is 11.8 Å². The molecular formula is C11H14BF9N2O2. The zero-order valence-electron chi connectivity index (χ0n) is 12.5. The highest BCUT2D eigenvalue weighted by atomic mass is 19.4. The van der Waals surface area contributed by atoms with E-state index in [0.29, 0.717) is 4.90 Å². The lowest BCUT2D eigenvalue weighted by Gasteiger charge is -2.26. The molecular weight excluding hydrogens is 374 g/mol. The van der Waals surface area contributed by atoms with Crippen molar-refractivity contribution in [2.75, 3.05) is 32.6 Å². The summed E-state index contributed by atoms with van der Waals surface area (Å²) in [6.07, 6.45) is -18.6. The standard InChI is InChI=1S/C11H13BF9N2O2/c13-10(14,15)8(11(16,17)18)25-9(24)23-3-6-1-22(2-7(6)4-23)5-12(19,20)21/h6-8H,1-5H2/q-1/p+1. The smallest absolute Gasteiger partial charge is 0.445 e. The van der Waals surface area contributed by atoms with Crippen molar-refractivity contribution < 1.29 is 53.7 Å². The largest absolute Gasteiger partial charge is 0.531 e. The maximum Gasteiger partial charge on any atom is 0.531 e. The van der Waals surface area contributed by atoms with Crippen LogP contribution in [0.4, 0.5) is 44.1 Å². The Balaban J connectivity index is 1.92. The van der Waals surface area contributed by atoms with Gasteiger partial charge in [-0.25, -0.2) is 4.79 Å². The first kappa shape index (κ1) is 20.0. The number of amides is 1. The van der Waals surface area contributed by atoms with Gasteiger partial charge in [0, 0.05) is 24.9 Å². The fourth-order valence-electron chi connectivity index (χ4n) is 3.36. The molecule has 0 aromatic rings. The van der Waals surface area contributed by atoms with Crippen LogP contribution < -0.4 is 4.90 Å². The molecule has 4 nitrogen and oxygen atoms in total. The highest BCUT2D eigenvalue weighted by Crippen LogP contribution is 2.36. The fraction of sp³-hybridized carbons (Fsp3) is 0.909. The van der Waals surface area contributed by atoms with Crippen LogP contribution in [-0.2, 0) is 4.74 Å². The first-order valence-electron chi connectivity index (χ1n) is 7.30. The van der Waals surface area contributed by atoms with Gasteiger partial charge in [0.1, 0.15) is 0 Å². The molecule has 2 aliphatic heterocycles. The molecule has 146 valence electrons. The number of fused-ring (bicyclic) bond motifs is 1. The van der Waals surface area contributed by atoms with Gasteiger partial charge in [-0.05, 0) is 0 Å². The van der Waals surface area contributed by atoms with Crippen molar-refractivity contribution in [3.05, 3.63) is 0 Å². The third kappa shape index (κ3) is 5.08. The van der Waals surface area contributed by atoms with Gasteiger partial charge >= 0.3 is 25.4 Å². The van der Waals surface area contributed by atoms with Crippen LogP contribution in [0.15, 0.2) is 0 Å². The van der Waals surface area contributed by atoms with E-state index >= 15 is 0 Å². The average Bonchev–Trinajstić information content (AvgIpc) is 2.88. The molecule has 2 heterocycles. The molecule has 0 bridgehead atoms. The van der Waals surface area contributed by atoms with Crippen molar-refractivity contribution in [3.63, 3.8) is 0 Å². The Morgan fingerprint density at radius 3 is 1.84 bits per heavy atom. The third-order valence-electron chi connectivity index (χ3n) is 4.27. The normalized spacial score (nSPS) is 27.8. The maximum atomic E-state index is 12.4. The number of alkyl halides is 6. The van der Waals surface area contributed by atoms with Crippen LogP contribution >= 0.6 is 0 Å². The molecule has 2 aliphatic rings. The quantitative estimate of drug-likeness (QED) is 0.587. The molecule has 1 amide bonds. The van der Waals surface area contributed by atoms with E-state index in [1.165, 1.54) is 0 Å². The summed E-state index contributed by atoms with van der Waals surface area (Å²) < 4.78 is 115. The van der Waals surface area contributed by atoms with E-state index in [4.69, 9.17) is 0 Å². The SMILES string of the molecule is O=C(OC(C(F)(F)F)C(F)(F)F)N1CC2C[NH+](C[B-](F)(F)F)CC2C1. The summed E-state index contributed by atoms with van der Waals surface area (Å²) in [5.74, 6) is -0.813. The van der Waals surface area contributed by atoms with Crippen LogP contribution in [0.3, 0.4) is 0 Å². The molecule has 0 aliphatic carbocycles. The molecule has 0 aromatic carbocycles. The number of ether oxygens (including phenoxy) is 1. The minimum atomic E-state index is -5.81. The van der Waals surface area contributed by atoms with E-state index in [1.54, 1.807) is 0 Å². The van der Waals surface area contributed by atoms with E-state index in [2.05, 4.69) is 4.74 Å². The maximum absolute atomic E-state index is 12.4. The number of halogens is 9. The second kappa shape index (κ2) is 6.43. The summed E-state index contributed by atoms with van der Waals surface area (Å²) in [7, 11) is 0. The molecule has 2 atom stereocenters. The molecule has 2 rings (SSSR count). The molecule has 0 saturated carbocycles. The first-order valence-corrected chi connectivity index (χ1v) is 7.30. The number of rotatable bonds is 3. The molecule has 0 spiro atoms. The minimum Gasteiger partial charge on any atom is -0.445 e. The first-order chi connectivity index (χ1) is 11.2. The zero-order chi connectivity index (χ0) is 19.2. The number of hydrogen-bond acceptors (Lipinski definition) is 2. The predicted octanol–water partition coefficient (Wildman–Crippen LogP) is 1.45. The van der Waals surface area contributed by atoms with Crippen LogP contribution in [0.2, 0.25) is 0 Å². The molecule has 2 unspecified atom stereocenters. The van der Waals surface area contributed by atoms with Gasteiger partial charge in [0.15, 0.2) is 0 Å². The minimum absolute atomic E-state index is 0.0533. The predicted molar refractivity (Wildman–Crippen MR) is 65.6 cm³/mol.